The van der Waals surface area contributed by atoms with Gasteiger partial charge in [-0.15, -0.1) is 0 Å². The highest BCUT2D eigenvalue weighted by Crippen LogP contribution is 2.26. The van der Waals surface area contributed by atoms with Crippen LogP contribution in [0.5, 0.6) is 0 Å². The molecule has 2 aliphatic rings. The van der Waals surface area contributed by atoms with E-state index in [1.54, 1.807) is 6.07 Å². The van der Waals surface area contributed by atoms with Crippen LogP contribution >= 0.6 is 0 Å². The van der Waals surface area contributed by atoms with E-state index >= 15 is 0 Å². The number of hydrogen-bond donors (Lipinski definition) is 2. The van der Waals surface area contributed by atoms with Crippen molar-refractivity contribution >= 4 is 17.5 Å². The Balaban J connectivity index is 1.80. The van der Waals surface area contributed by atoms with Crippen LogP contribution in [0.25, 0.3) is 0 Å². The molecule has 0 spiro atoms. The largest absolute Gasteiger partial charge is 0.396 e. The lowest BCUT2D eigenvalue weighted by atomic mass is 9.96. The van der Waals surface area contributed by atoms with E-state index in [4.69, 9.17) is 0 Å². The number of hydrogen-bond acceptors (Lipinski definition) is 3. The minimum Gasteiger partial charge on any atom is -0.396 e. The molecule has 2 aliphatic heterocycles. The average molecular weight is 302 g/mol. The van der Waals surface area contributed by atoms with E-state index in [9.17, 15) is 14.7 Å². The molecule has 2 N–H and O–H groups in total. The van der Waals surface area contributed by atoms with E-state index in [-0.39, 0.29) is 24.5 Å². The molecule has 1 fully saturated rings. The molecule has 1 aromatic rings. The van der Waals surface area contributed by atoms with E-state index in [2.05, 4.69) is 5.32 Å². The first kappa shape index (κ1) is 15.0. The van der Waals surface area contributed by atoms with Crippen LogP contribution in [0.15, 0.2) is 18.2 Å². The summed E-state index contributed by atoms with van der Waals surface area (Å²) in [6.07, 6.45) is 4.91. The van der Waals surface area contributed by atoms with Crippen LogP contribution in [-0.2, 0) is 11.2 Å². The summed E-state index contributed by atoms with van der Waals surface area (Å²) >= 11 is 0. The van der Waals surface area contributed by atoms with Crippen LogP contribution < -0.4 is 5.32 Å². The fourth-order valence-corrected chi connectivity index (χ4v) is 3.40. The Labute approximate surface area is 130 Å². The van der Waals surface area contributed by atoms with Gasteiger partial charge in [0.15, 0.2) is 0 Å². The Morgan fingerprint density at radius 2 is 2.18 bits per heavy atom. The van der Waals surface area contributed by atoms with Gasteiger partial charge >= 0.3 is 0 Å². The number of amides is 2. The third-order valence-corrected chi connectivity index (χ3v) is 4.60. The van der Waals surface area contributed by atoms with E-state index in [0.29, 0.717) is 24.8 Å². The maximum absolute atomic E-state index is 12.8. The van der Waals surface area contributed by atoms with Crippen LogP contribution in [-0.4, -0.2) is 41.0 Å². The first-order valence-corrected chi connectivity index (χ1v) is 8.03. The lowest BCUT2D eigenvalue weighted by molar-refractivity contribution is -0.116. The summed E-state index contributed by atoms with van der Waals surface area (Å²) in [6.45, 7) is 0.877. The second-order valence-corrected chi connectivity index (χ2v) is 6.08. The number of nitrogens with zero attached hydrogens (tertiary/aromatic N) is 1. The molecule has 0 saturated carbocycles. The molecule has 5 nitrogen and oxygen atoms in total. The number of aliphatic hydroxyl groups is 1. The summed E-state index contributed by atoms with van der Waals surface area (Å²) in [5.74, 6) is 0.0727. The molecule has 3 rings (SSSR count). The molecular formula is C17H22N2O3. The SMILES string of the molecule is O=C1CCc2cc(C(=O)N3CCCCC3CCO)ccc2N1. The zero-order valence-electron chi connectivity index (χ0n) is 12.7. The van der Waals surface area contributed by atoms with Crippen LogP contribution in [0.3, 0.4) is 0 Å². The molecule has 0 bridgehead atoms. The van der Waals surface area contributed by atoms with Crippen molar-refractivity contribution in [1.82, 2.24) is 4.90 Å². The molecule has 2 heterocycles. The maximum atomic E-state index is 12.8. The minimum atomic E-state index is 0.0330. The number of benzene rings is 1. The number of aryl methyl sites for hydroxylation is 1. The van der Waals surface area contributed by atoms with Crippen molar-refractivity contribution in [2.24, 2.45) is 0 Å². The van der Waals surface area contributed by atoms with Gasteiger partial charge < -0.3 is 15.3 Å². The van der Waals surface area contributed by atoms with Crippen molar-refractivity contribution < 1.29 is 14.7 Å². The molecule has 1 saturated heterocycles. The zero-order valence-corrected chi connectivity index (χ0v) is 12.7. The van der Waals surface area contributed by atoms with Crippen LogP contribution in [0.2, 0.25) is 0 Å². The lowest BCUT2D eigenvalue weighted by Crippen LogP contribution is -2.44. The molecule has 2 amide bonds. The maximum Gasteiger partial charge on any atom is 0.254 e. The van der Waals surface area contributed by atoms with Gasteiger partial charge in [0.2, 0.25) is 5.91 Å². The van der Waals surface area contributed by atoms with E-state index in [0.717, 1.165) is 37.1 Å². The molecule has 118 valence electrons. The van der Waals surface area contributed by atoms with Crippen molar-refractivity contribution in [3.8, 4) is 0 Å². The number of carbonyl (C=O) groups is 2. The molecule has 22 heavy (non-hydrogen) atoms. The van der Waals surface area contributed by atoms with Gasteiger partial charge in [-0.05, 0) is 55.9 Å². The van der Waals surface area contributed by atoms with Crippen molar-refractivity contribution in [3.05, 3.63) is 29.3 Å². The third kappa shape index (κ3) is 2.99. The summed E-state index contributed by atoms with van der Waals surface area (Å²) in [7, 11) is 0. The molecule has 0 radical (unpaired) electrons. The average Bonchev–Trinajstić information content (AvgIpc) is 2.54. The number of aliphatic hydroxyl groups excluding tert-OH is 1. The number of nitrogens with one attached hydrogen (secondary N) is 1. The van der Waals surface area contributed by atoms with Crippen LogP contribution in [0, 0.1) is 0 Å². The van der Waals surface area contributed by atoms with E-state index in [1.807, 2.05) is 17.0 Å². The number of rotatable bonds is 3. The second kappa shape index (κ2) is 6.48. The number of piperidine rings is 1. The first-order chi connectivity index (χ1) is 10.7. The summed E-state index contributed by atoms with van der Waals surface area (Å²) in [5, 5.41) is 12.0. The van der Waals surface area contributed by atoms with Crippen molar-refractivity contribution in [2.45, 2.75) is 44.6 Å². The predicted molar refractivity (Wildman–Crippen MR) is 83.8 cm³/mol. The second-order valence-electron chi connectivity index (χ2n) is 6.08. The zero-order chi connectivity index (χ0) is 15.5. The van der Waals surface area contributed by atoms with Gasteiger partial charge in [0.25, 0.3) is 5.91 Å². The van der Waals surface area contributed by atoms with Crippen LogP contribution in [0.4, 0.5) is 5.69 Å². The van der Waals surface area contributed by atoms with Gasteiger partial charge in [0.1, 0.15) is 0 Å². The molecule has 0 aromatic heterocycles. The number of carbonyl (C=O) groups excluding carboxylic acids is 2. The highest BCUT2D eigenvalue weighted by atomic mass is 16.3. The standard InChI is InChI=1S/C17H22N2O3/c20-10-8-14-3-1-2-9-19(14)17(22)13-4-6-15-12(11-13)5-7-16(21)18-15/h4,6,11,14,20H,1-3,5,7-10H2,(H,18,21). The Morgan fingerprint density at radius 3 is 3.00 bits per heavy atom. The number of fused-ring (bicyclic) bond motifs is 1. The van der Waals surface area contributed by atoms with Crippen molar-refractivity contribution in [2.75, 3.05) is 18.5 Å². The van der Waals surface area contributed by atoms with Gasteiger partial charge in [-0.1, -0.05) is 0 Å². The van der Waals surface area contributed by atoms with Gasteiger partial charge in [-0.2, -0.15) is 0 Å². The Morgan fingerprint density at radius 1 is 1.32 bits per heavy atom. The first-order valence-electron chi connectivity index (χ1n) is 8.03. The van der Waals surface area contributed by atoms with Gasteiger partial charge in [0.05, 0.1) is 0 Å². The fourth-order valence-electron chi connectivity index (χ4n) is 3.40. The van der Waals surface area contributed by atoms with Gasteiger partial charge in [0, 0.05) is 36.9 Å². The quantitative estimate of drug-likeness (QED) is 0.896. The number of likely N-dealkylation sites (tertiary alicyclic amines) is 1. The van der Waals surface area contributed by atoms with Crippen molar-refractivity contribution in [3.63, 3.8) is 0 Å². The minimum absolute atomic E-state index is 0.0330. The van der Waals surface area contributed by atoms with Gasteiger partial charge in [-0.25, -0.2) is 0 Å². The molecule has 1 atom stereocenters. The fraction of sp³-hybridized carbons (Fsp3) is 0.529. The van der Waals surface area contributed by atoms with Crippen molar-refractivity contribution in [1.29, 1.82) is 0 Å². The molecule has 0 aliphatic carbocycles. The topological polar surface area (TPSA) is 69.6 Å². The summed E-state index contributed by atoms with van der Waals surface area (Å²) in [6, 6.07) is 5.66. The highest BCUT2D eigenvalue weighted by molar-refractivity contribution is 5.98. The summed E-state index contributed by atoms with van der Waals surface area (Å²) < 4.78 is 0. The Hall–Kier alpha value is -1.88. The normalized spacial score (nSPS) is 21.2. The Kier molecular flexibility index (Phi) is 4.43. The van der Waals surface area contributed by atoms with Crippen LogP contribution in [0.1, 0.15) is 48.0 Å². The highest BCUT2D eigenvalue weighted by Gasteiger charge is 2.27. The Bertz CT molecular complexity index is 583. The monoisotopic (exact) mass is 302 g/mol. The molecule has 1 unspecified atom stereocenters. The molecular weight excluding hydrogens is 280 g/mol. The van der Waals surface area contributed by atoms with E-state index < -0.39 is 0 Å². The van der Waals surface area contributed by atoms with Gasteiger partial charge in [-0.3, -0.25) is 9.59 Å². The summed E-state index contributed by atoms with van der Waals surface area (Å²) in [4.78, 5) is 26.1. The number of anilines is 1. The summed E-state index contributed by atoms with van der Waals surface area (Å²) in [5.41, 5.74) is 2.53. The molecule has 5 heteroatoms. The third-order valence-electron chi connectivity index (χ3n) is 4.60. The molecule has 1 aromatic carbocycles. The van der Waals surface area contributed by atoms with E-state index in [1.165, 1.54) is 0 Å². The lowest BCUT2D eigenvalue weighted by Gasteiger charge is -2.35. The smallest absolute Gasteiger partial charge is 0.254 e. The predicted octanol–water partition coefficient (Wildman–Crippen LogP) is 1.95.